The van der Waals surface area contributed by atoms with Gasteiger partial charge in [0.05, 0.1) is 5.56 Å². The molecule has 3 N–H and O–H groups in total. The maximum atomic E-state index is 12.0. The Bertz CT molecular complexity index is 722. The first-order valence-electron chi connectivity index (χ1n) is 6.77. The summed E-state index contributed by atoms with van der Waals surface area (Å²) in [4.78, 5) is 24.4. The summed E-state index contributed by atoms with van der Waals surface area (Å²) in [6.07, 6.45) is 0. The van der Waals surface area contributed by atoms with Crippen LogP contribution in [-0.4, -0.2) is 18.4 Å². The predicted octanol–water partition coefficient (Wildman–Crippen LogP) is 2.79. The van der Waals surface area contributed by atoms with E-state index in [1.165, 1.54) is 11.3 Å². The summed E-state index contributed by atoms with van der Waals surface area (Å²) in [5.41, 5.74) is 7.59. The molecule has 6 heteroatoms. The van der Waals surface area contributed by atoms with Crippen LogP contribution < -0.4 is 15.8 Å². The van der Waals surface area contributed by atoms with E-state index in [1.807, 2.05) is 39.0 Å². The summed E-state index contributed by atoms with van der Waals surface area (Å²) in [7, 11) is 0. The van der Waals surface area contributed by atoms with E-state index in [9.17, 15) is 9.59 Å². The normalized spacial score (nSPS) is 10.3. The van der Waals surface area contributed by atoms with Gasteiger partial charge in [-0.05, 0) is 44.0 Å². The zero-order valence-corrected chi connectivity index (χ0v) is 13.5. The molecule has 1 heterocycles. The number of primary amides is 1. The second-order valence-electron chi connectivity index (χ2n) is 5.00. The van der Waals surface area contributed by atoms with Gasteiger partial charge in [-0.1, -0.05) is 12.1 Å². The molecule has 0 fully saturated rings. The molecule has 2 aromatic rings. The fraction of sp³-hybridized carbons (Fsp3) is 0.250. The van der Waals surface area contributed by atoms with Gasteiger partial charge in [0.15, 0.2) is 6.61 Å². The van der Waals surface area contributed by atoms with Crippen LogP contribution in [0.3, 0.4) is 0 Å². The Morgan fingerprint density at radius 3 is 2.64 bits per heavy atom. The SMILES string of the molecule is Cc1cccc(OCC(=O)Nc2sc(C)c(C)c2C(N)=O)c1. The lowest BCUT2D eigenvalue weighted by molar-refractivity contribution is -0.118. The highest BCUT2D eigenvalue weighted by atomic mass is 32.1. The highest BCUT2D eigenvalue weighted by molar-refractivity contribution is 7.16. The van der Waals surface area contributed by atoms with Crippen molar-refractivity contribution >= 4 is 28.2 Å². The summed E-state index contributed by atoms with van der Waals surface area (Å²) < 4.78 is 5.43. The first-order valence-corrected chi connectivity index (χ1v) is 7.59. The van der Waals surface area contributed by atoms with E-state index >= 15 is 0 Å². The van der Waals surface area contributed by atoms with E-state index in [0.717, 1.165) is 16.0 Å². The van der Waals surface area contributed by atoms with Gasteiger partial charge in [0.1, 0.15) is 10.8 Å². The topological polar surface area (TPSA) is 81.4 Å². The molecule has 0 bridgehead atoms. The third kappa shape index (κ3) is 3.65. The van der Waals surface area contributed by atoms with Crippen LogP contribution in [0.4, 0.5) is 5.00 Å². The summed E-state index contributed by atoms with van der Waals surface area (Å²) in [6, 6.07) is 7.44. The molecule has 0 aliphatic heterocycles. The summed E-state index contributed by atoms with van der Waals surface area (Å²) in [5.74, 6) is -0.245. The Morgan fingerprint density at radius 1 is 1.27 bits per heavy atom. The average molecular weight is 318 g/mol. The predicted molar refractivity (Wildman–Crippen MR) is 87.6 cm³/mol. The van der Waals surface area contributed by atoms with Crippen molar-refractivity contribution in [3.63, 3.8) is 0 Å². The zero-order valence-electron chi connectivity index (χ0n) is 12.7. The number of thiophene rings is 1. The van der Waals surface area contributed by atoms with Gasteiger partial charge in [0.2, 0.25) is 0 Å². The quantitative estimate of drug-likeness (QED) is 0.889. The van der Waals surface area contributed by atoms with Gasteiger partial charge in [0, 0.05) is 4.88 Å². The molecule has 0 unspecified atom stereocenters. The lowest BCUT2D eigenvalue weighted by atomic mass is 10.1. The van der Waals surface area contributed by atoms with Crippen molar-refractivity contribution in [1.29, 1.82) is 0 Å². The molecular weight excluding hydrogens is 300 g/mol. The van der Waals surface area contributed by atoms with Crippen LogP contribution in [0.2, 0.25) is 0 Å². The fourth-order valence-corrected chi connectivity index (χ4v) is 3.11. The van der Waals surface area contributed by atoms with E-state index < -0.39 is 5.91 Å². The standard InChI is InChI=1S/C16H18N2O3S/c1-9-5-4-6-12(7-9)21-8-13(19)18-16-14(15(17)20)10(2)11(3)22-16/h4-7H,8H2,1-3H3,(H2,17,20)(H,18,19). The molecule has 1 aromatic carbocycles. The highest BCUT2D eigenvalue weighted by Gasteiger charge is 2.19. The molecule has 22 heavy (non-hydrogen) atoms. The third-order valence-electron chi connectivity index (χ3n) is 3.24. The molecule has 0 atom stereocenters. The number of hydrogen-bond acceptors (Lipinski definition) is 4. The molecule has 2 rings (SSSR count). The van der Waals surface area contributed by atoms with Crippen molar-refractivity contribution in [2.24, 2.45) is 5.73 Å². The van der Waals surface area contributed by atoms with Crippen LogP contribution in [0, 0.1) is 20.8 Å². The van der Waals surface area contributed by atoms with Gasteiger partial charge >= 0.3 is 0 Å². The zero-order chi connectivity index (χ0) is 16.3. The minimum Gasteiger partial charge on any atom is -0.484 e. The van der Waals surface area contributed by atoms with E-state index in [2.05, 4.69) is 5.32 Å². The van der Waals surface area contributed by atoms with Gasteiger partial charge < -0.3 is 15.8 Å². The van der Waals surface area contributed by atoms with Crippen molar-refractivity contribution in [3.05, 3.63) is 45.8 Å². The van der Waals surface area contributed by atoms with E-state index in [1.54, 1.807) is 6.07 Å². The highest BCUT2D eigenvalue weighted by Crippen LogP contribution is 2.31. The smallest absolute Gasteiger partial charge is 0.262 e. The molecule has 0 aliphatic rings. The molecule has 116 valence electrons. The number of ether oxygens (including phenoxy) is 1. The summed E-state index contributed by atoms with van der Waals surface area (Å²) >= 11 is 1.33. The van der Waals surface area contributed by atoms with Crippen LogP contribution in [-0.2, 0) is 4.79 Å². The molecule has 0 saturated carbocycles. The van der Waals surface area contributed by atoms with Crippen LogP contribution >= 0.6 is 11.3 Å². The number of hydrogen-bond donors (Lipinski definition) is 2. The Hall–Kier alpha value is -2.34. The summed E-state index contributed by atoms with van der Waals surface area (Å²) in [5, 5.41) is 3.16. The number of benzene rings is 1. The number of aryl methyl sites for hydroxylation is 2. The minimum absolute atomic E-state index is 0.127. The number of rotatable bonds is 5. The second kappa shape index (κ2) is 6.62. The fourth-order valence-electron chi connectivity index (χ4n) is 2.03. The lowest BCUT2D eigenvalue weighted by Crippen LogP contribution is -2.22. The van der Waals surface area contributed by atoms with Crippen molar-refractivity contribution < 1.29 is 14.3 Å². The maximum absolute atomic E-state index is 12.0. The number of amides is 2. The number of anilines is 1. The Kier molecular flexibility index (Phi) is 4.82. The van der Waals surface area contributed by atoms with Crippen LogP contribution in [0.25, 0.3) is 0 Å². The van der Waals surface area contributed by atoms with Crippen LogP contribution in [0.15, 0.2) is 24.3 Å². The number of carbonyl (C=O) groups excluding carboxylic acids is 2. The molecule has 0 aliphatic carbocycles. The minimum atomic E-state index is -0.545. The van der Waals surface area contributed by atoms with Gasteiger partial charge in [0.25, 0.3) is 11.8 Å². The van der Waals surface area contributed by atoms with Crippen molar-refractivity contribution in [3.8, 4) is 5.75 Å². The largest absolute Gasteiger partial charge is 0.484 e. The maximum Gasteiger partial charge on any atom is 0.262 e. The van der Waals surface area contributed by atoms with Crippen LogP contribution in [0.5, 0.6) is 5.75 Å². The number of carbonyl (C=O) groups is 2. The number of nitrogens with two attached hydrogens (primary N) is 1. The Morgan fingerprint density at radius 2 is 2.00 bits per heavy atom. The van der Waals surface area contributed by atoms with Crippen molar-refractivity contribution in [2.75, 3.05) is 11.9 Å². The number of nitrogens with one attached hydrogen (secondary N) is 1. The van der Waals surface area contributed by atoms with Gasteiger partial charge in [-0.3, -0.25) is 9.59 Å². The van der Waals surface area contributed by atoms with Gasteiger partial charge in [-0.15, -0.1) is 11.3 Å². The van der Waals surface area contributed by atoms with Crippen molar-refractivity contribution in [2.45, 2.75) is 20.8 Å². The molecule has 0 radical (unpaired) electrons. The monoisotopic (exact) mass is 318 g/mol. The third-order valence-corrected chi connectivity index (χ3v) is 4.37. The van der Waals surface area contributed by atoms with E-state index in [0.29, 0.717) is 16.3 Å². The van der Waals surface area contributed by atoms with Crippen molar-refractivity contribution in [1.82, 2.24) is 0 Å². The second-order valence-corrected chi connectivity index (χ2v) is 6.23. The average Bonchev–Trinajstić information content (AvgIpc) is 2.71. The van der Waals surface area contributed by atoms with Gasteiger partial charge in [-0.25, -0.2) is 0 Å². The molecule has 5 nitrogen and oxygen atoms in total. The molecule has 0 spiro atoms. The van der Waals surface area contributed by atoms with Crippen LogP contribution in [0.1, 0.15) is 26.4 Å². The molecule has 1 aromatic heterocycles. The van der Waals surface area contributed by atoms with Gasteiger partial charge in [-0.2, -0.15) is 0 Å². The first-order chi connectivity index (χ1) is 10.4. The Balaban J connectivity index is 2.04. The first kappa shape index (κ1) is 16.0. The molecular formula is C16H18N2O3S. The van der Waals surface area contributed by atoms with E-state index in [-0.39, 0.29) is 12.5 Å². The lowest BCUT2D eigenvalue weighted by Gasteiger charge is -2.08. The van der Waals surface area contributed by atoms with E-state index in [4.69, 9.17) is 10.5 Å². The molecule has 0 saturated heterocycles. The Labute approximate surface area is 133 Å². The molecule has 2 amide bonds. The summed E-state index contributed by atoms with van der Waals surface area (Å²) in [6.45, 7) is 5.51.